The van der Waals surface area contributed by atoms with E-state index in [2.05, 4.69) is 31.0 Å². The molecule has 0 atom stereocenters. The second-order valence-corrected chi connectivity index (χ2v) is 1.08. The Bertz CT molecular complexity index is 82.2. The van der Waals surface area contributed by atoms with Crippen molar-refractivity contribution in [3.05, 3.63) is 0 Å². The van der Waals surface area contributed by atoms with Gasteiger partial charge in [0.25, 0.3) is 5.24 Å². The van der Waals surface area contributed by atoms with Crippen LogP contribution in [0.4, 0.5) is 4.79 Å². The van der Waals surface area contributed by atoms with E-state index in [1.807, 2.05) is 0 Å². The standard InChI is InChI=1S/CH3NOS.CHNS/c2-1(3)4;2-1-3/h(H3,2,3,4);3H. The number of rotatable bonds is 0. The summed E-state index contributed by atoms with van der Waals surface area (Å²) < 4.78 is 0. The van der Waals surface area contributed by atoms with Crippen LogP contribution in [0.25, 0.3) is 0 Å². The molecule has 40 valence electrons. The fourth-order valence-electron chi connectivity index (χ4n) is 0. The highest BCUT2D eigenvalue weighted by molar-refractivity contribution is 7.96. The van der Waals surface area contributed by atoms with Gasteiger partial charge in [0, 0.05) is 0 Å². The minimum atomic E-state index is -0.639. The van der Waals surface area contributed by atoms with Crippen LogP contribution >= 0.6 is 25.3 Å². The quantitative estimate of drug-likeness (QED) is 0.333. The fourth-order valence-corrected chi connectivity index (χ4v) is 0. The molecule has 0 bridgehead atoms. The van der Waals surface area contributed by atoms with Gasteiger partial charge in [-0.25, -0.2) is 0 Å². The number of thiocyanates is 1. The van der Waals surface area contributed by atoms with Crippen LogP contribution in [0, 0.1) is 10.7 Å². The van der Waals surface area contributed by atoms with Crippen molar-refractivity contribution in [2.45, 2.75) is 0 Å². The monoisotopic (exact) mass is 136 g/mol. The third-order valence-corrected chi connectivity index (χ3v) is 0. The molecule has 3 nitrogen and oxygen atoms in total. The first-order chi connectivity index (χ1) is 3.15. The lowest BCUT2D eigenvalue weighted by atomic mass is 11.5. The number of nitrogens with zero attached hydrogens (tertiary/aromatic N) is 1. The van der Waals surface area contributed by atoms with E-state index in [1.165, 1.54) is 5.40 Å². The van der Waals surface area contributed by atoms with E-state index in [-0.39, 0.29) is 0 Å². The molecule has 0 fully saturated rings. The molecule has 0 aromatic rings. The lowest BCUT2D eigenvalue weighted by molar-refractivity contribution is 0.267. The maximum absolute atomic E-state index is 9.09. The summed E-state index contributed by atoms with van der Waals surface area (Å²) in [6, 6.07) is 0. The number of thiol groups is 2. The maximum Gasteiger partial charge on any atom is 0.273 e. The average Bonchev–Trinajstić information content (AvgIpc) is 1.33. The van der Waals surface area contributed by atoms with E-state index in [4.69, 9.17) is 10.1 Å². The predicted octanol–water partition coefficient (Wildman–Crippen LogP) is 0.392. The van der Waals surface area contributed by atoms with Gasteiger partial charge in [-0.2, -0.15) is 5.26 Å². The molecule has 0 aliphatic carbocycles. The van der Waals surface area contributed by atoms with Gasteiger partial charge in [0.2, 0.25) is 0 Å². The van der Waals surface area contributed by atoms with Crippen molar-refractivity contribution >= 4 is 30.5 Å². The third kappa shape index (κ3) is 656. The molecule has 0 aliphatic rings. The predicted molar refractivity (Wildman–Crippen MR) is 33.2 cm³/mol. The molecule has 0 spiro atoms. The highest BCUT2D eigenvalue weighted by Crippen LogP contribution is 1.60. The zero-order chi connectivity index (χ0) is 6.28. The Labute approximate surface area is 52.3 Å². The number of hydrogen-bond donors (Lipinski definition) is 3. The van der Waals surface area contributed by atoms with Gasteiger partial charge in [-0.1, -0.05) is 25.3 Å². The van der Waals surface area contributed by atoms with Crippen LogP contribution in [-0.4, -0.2) is 5.24 Å². The van der Waals surface area contributed by atoms with Crippen molar-refractivity contribution in [1.29, 1.82) is 5.26 Å². The Hall–Kier alpha value is -0.340. The number of carbonyl (C=O) groups excluding carboxylic acids is 1. The smallest absolute Gasteiger partial charge is 0.273 e. The van der Waals surface area contributed by atoms with Crippen molar-refractivity contribution in [2.24, 2.45) is 5.73 Å². The minimum Gasteiger partial charge on any atom is -0.361 e. The minimum absolute atomic E-state index is 0.639. The topological polar surface area (TPSA) is 66.9 Å². The van der Waals surface area contributed by atoms with E-state index in [0.717, 1.165) is 0 Å². The number of hydrogen-bond acceptors (Lipinski definition) is 3. The number of carbonyl (C=O) groups is 1. The molecule has 0 saturated heterocycles. The Kier molecular flexibility index (Phi) is 12.9. The van der Waals surface area contributed by atoms with Crippen LogP contribution in [0.15, 0.2) is 0 Å². The normalized spacial score (nSPS) is 4.71. The summed E-state index contributed by atoms with van der Waals surface area (Å²) in [4.78, 5) is 9.09. The van der Waals surface area contributed by atoms with Crippen LogP contribution in [0.2, 0.25) is 0 Å². The van der Waals surface area contributed by atoms with Crippen LogP contribution < -0.4 is 5.73 Å². The highest BCUT2D eigenvalue weighted by atomic mass is 32.1. The first-order valence-corrected chi connectivity index (χ1v) is 2.06. The molecule has 0 rings (SSSR count). The molecule has 0 radical (unpaired) electrons. The molecule has 5 heteroatoms. The molecule has 7 heavy (non-hydrogen) atoms. The van der Waals surface area contributed by atoms with Gasteiger partial charge < -0.3 is 5.73 Å². The molecular formula is C2H4N2OS2. The van der Waals surface area contributed by atoms with Crippen LogP contribution in [0.5, 0.6) is 0 Å². The molecule has 0 saturated carbocycles. The lowest BCUT2D eigenvalue weighted by Crippen LogP contribution is -1.95. The van der Waals surface area contributed by atoms with Gasteiger partial charge in [-0.3, -0.25) is 4.79 Å². The lowest BCUT2D eigenvalue weighted by Gasteiger charge is -1.58. The van der Waals surface area contributed by atoms with Crippen molar-refractivity contribution in [2.75, 3.05) is 0 Å². The third-order valence-electron chi connectivity index (χ3n) is 0. The van der Waals surface area contributed by atoms with Gasteiger partial charge in [-0.15, -0.1) is 0 Å². The van der Waals surface area contributed by atoms with Gasteiger partial charge >= 0.3 is 0 Å². The van der Waals surface area contributed by atoms with Crippen LogP contribution in [-0.2, 0) is 0 Å². The molecule has 0 aromatic heterocycles. The van der Waals surface area contributed by atoms with E-state index in [1.54, 1.807) is 0 Å². The zero-order valence-electron chi connectivity index (χ0n) is 3.33. The summed E-state index contributed by atoms with van der Waals surface area (Å²) in [6.45, 7) is 0. The molecule has 2 N–H and O–H groups in total. The molecule has 0 aromatic carbocycles. The summed E-state index contributed by atoms with van der Waals surface area (Å²) in [5.41, 5.74) is 4.34. The Morgan fingerprint density at radius 2 is 1.86 bits per heavy atom. The van der Waals surface area contributed by atoms with E-state index in [9.17, 15) is 0 Å². The van der Waals surface area contributed by atoms with Crippen LogP contribution in [0.3, 0.4) is 0 Å². The van der Waals surface area contributed by atoms with E-state index < -0.39 is 5.24 Å². The maximum atomic E-state index is 9.09. The summed E-state index contributed by atoms with van der Waals surface area (Å²) in [5, 5.41) is 7.99. The highest BCUT2D eigenvalue weighted by Gasteiger charge is 1.63. The average molecular weight is 136 g/mol. The SMILES string of the molecule is N#CS.NC(=O)S. The Balaban J connectivity index is 0. The fraction of sp³-hybridized carbons (Fsp3) is 0. The van der Waals surface area contributed by atoms with E-state index >= 15 is 0 Å². The Morgan fingerprint density at radius 1 is 1.86 bits per heavy atom. The molecule has 0 heterocycles. The molecule has 0 aliphatic heterocycles. The number of nitriles is 1. The summed E-state index contributed by atoms with van der Waals surface area (Å²) in [7, 11) is 0. The van der Waals surface area contributed by atoms with Gasteiger partial charge in [0.1, 0.15) is 5.40 Å². The van der Waals surface area contributed by atoms with Crippen molar-refractivity contribution in [3.8, 4) is 5.40 Å². The van der Waals surface area contributed by atoms with Crippen LogP contribution in [0.1, 0.15) is 0 Å². The summed E-state index contributed by atoms with van der Waals surface area (Å²) >= 11 is 6.20. The van der Waals surface area contributed by atoms with Gasteiger partial charge in [0.15, 0.2) is 0 Å². The first kappa shape index (κ1) is 9.83. The van der Waals surface area contributed by atoms with Crippen molar-refractivity contribution < 1.29 is 4.79 Å². The molecule has 1 amide bonds. The summed E-state index contributed by atoms with van der Waals surface area (Å²) in [6.07, 6.45) is 0. The van der Waals surface area contributed by atoms with Crippen molar-refractivity contribution in [3.63, 3.8) is 0 Å². The second-order valence-electron chi connectivity index (χ2n) is 0.438. The number of primary amides is 1. The second kappa shape index (κ2) is 9.18. The zero-order valence-corrected chi connectivity index (χ0v) is 5.12. The molecular weight excluding hydrogens is 132 g/mol. The van der Waals surface area contributed by atoms with Crippen molar-refractivity contribution in [1.82, 2.24) is 0 Å². The number of nitrogens with two attached hydrogens (primary N) is 1. The summed E-state index contributed by atoms with van der Waals surface area (Å²) in [5.74, 6) is 0. The van der Waals surface area contributed by atoms with Gasteiger partial charge in [-0.05, 0) is 0 Å². The van der Waals surface area contributed by atoms with Gasteiger partial charge in [0.05, 0.1) is 0 Å². The number of amides is 1. The Morgan fingerprint density at radius 3 is 1.86 bits per heavy atom. The molecule has 0 unspecified atom stereocenters. The first-order valence-electron chi connectivity index (χ1n) is 1.16. The largest absolute Gasteiger partial charge is 0.361 e. The van der Waals surface area contributed by atoms with E-state index in [0.29, 0.717) is 0 Å².